The van der Waals surface area contributed by atoms with Crippen molar-refractivity contribution in [3.05, 3.63) is 23.8 Å². The van der Waals surface area contributed by atoms with Crippen LogP contribution >= 0.6 is 0 Å². The second-order valence-electron chi connectivity index (χ2n) is 13.0. The van der Waals surface area contributed by atoms with Gasteiger partial charge in [0.25, 0.3) is 0 Å². The first-order chi connectivity index (χ1) is 16.5. The van der Waals surface area contributed by atoms with Crippen LogP contribution < -0.4 is 0 Å². The summed E-state index contributed by atoms with van der Waals surface area (Å²) < 4.78 is 29.1. The van der Waals surface area contributed by atoms with Gasteiger partial charge in [-0.05, 0) is 111 Å². The zero-order chi connectivity index (χ0) is 24.8. The molecule has 1 aromatic heterocycles. The molecule has 4 aliphatic rings. The van der Waals surface area contributed by atoms with Gasteiger partial charge in [-0.25, -0.2) is 13.5 Å². The third-order valence-electron chi connectivity index (χ3n) is 11.2. The van der Waals surface area contributed by atoms with Crippen LogP contribution in [-0.4, -0.2) is 31.5 Å². The number of hydrogen-bond donors (Lipinski definition) is 1. The summed E-state index contributed by atoms with van der Waals surface area (Å²) >= 11 is 0. The molecule has 2 aromatic rings. The first-order valence-electron chi connectivity index (χ1n) is 13.5. The highest BCUT2D eigenvalue weighted by molar-refractivity contribution is 5.84. The van der Waals surface area contributed by atoms with Crippen molar-refractivity contribution in [1.29, 1.82) is 0 Å². The van der Waals surface area contributed by atoms with Gasteiger partial charge < -0.3 is 5.11 Å². The van der Waals surface area contributed by atoms with Crippen molar-refractivity contribution in [2.24, 2.45) is 40.4 Å². The van der Waals surface area contributed by atoms with E-state index in [0.29, 0.717) is 34.6 Å². The molecular formula is C28H37F2N3O2. The normalized spacial score (nSPS) is 43.0. The van der Waals surface area contributed by atoms with Crippen molar-refractivity contribution in [3.63, 3.8) is 0 Å². The molecule has 4 aliphatic carbocycles. The molecule has 0 aliphatic heterocycles. The Hall–Kier alpha value is -1.89. The van der Waals surface area contributed by atoms with Gasteiger partial charge in [-0.15, -0.1) is 5.10 Å². The van der Waals surface area contributed by atoms with Gasteiger partial charge in [0.2, 0.25) is 0 Å². The number of hydrogen-bond acceptors (Lipinski definition) is 4. The number of nitrogens with zero attached hydrogens (tertiary/aromatic N) is 3. The maximum atomic E-state index is 14.1. The van der Waals surface area contributed by atoms with E-state index in [4.69, 9.17) is 0 Å². The Balaban J connectivity index is 1.22. The monoisotopic (exact) mass is 485 g/mol. The van der Waals surface area contributed by atoms with E-state index in [-0.39, 0.29) is 29.2 Å². The van der Waals surface area contributed by atoms with E-state index < -0.39 is 17.2 Å². The summed E-state index contributed by atoms with van der Waals surface area (Å²) in [6.07, 6.45) is 9.52. The van der Waals surface area contributed by atoms with Crippen molar-refractivity contribution in [1.82, 2.24) is 15.0 Å². The minimum Gasteiger partial charge on any atom is -0.390 e. The minimum absolute atomic E-state index is 0.0185. The predicted octanol–water partition coefficient (Wildman–Crippen LogP) is 5.69. The summed E-state index contributed by atoms with van der Waals surface area (Å²) in [6.45, 7) is 6.88. The summed E-state index contributed by atoms with van der Waals surface area (Å²) in [7, 11) is 0. The number of halogens is 2. The third-order valence-corrected chi connectivity index (χ3v) is 11.2. The average molecular weight is 486 g/mol. The Labute approximate surface area is 205 Å². The largest absolute Gasteiger partial charge is 0.390 e. The van der Waals surface area contributed by atoms with Crippen LogP contribution in [-0.2, 0) is 11.3 Å². The van der Waals surface area contributed by atoms with Gasteiger partial charge in [0.05, 0.1) is 11.1 Å². The lowest BCUT2D eigenvalue weighted by molar-refractivity contribution is -0.151. The van der Waals surface area contributed by atoms with Crippen LogP contribution in [0.1, 0.15) is 78.6 Å². The summed E-state index contributed by atoms with van der Waals surface area (Å²) in [6, 6.07) is 2.52. The van der Waals surface area contributed by atoms with E-state index in [1.165, 1.54) is 23.6 Å². The highest BCUT2D eigenvalue weighted by atomic mass is 19.2. The number of Topliss-reactive ketones (excluding diaryl/α,β-unsaturated/α-hetero) is 1. The van der Waals surface area contributed by atoms with E-state index in [1.54, 1.807) is 0 Å². The molecule has 190 valence electrons. The number of carbonyl (C=O) groups excluding carboxylic acids is 1. The highest BCUT2D eigenvalue weighted by Crippen LogP contribution is 2.68. The molecule has 35 heavy (non-hydrogen) atoms. The fraction of sp³-hybridized carbons (Fsp3) is 0.750. The number of rotatable bonds is 3. The molecule has 5 nitrogen and oxygen atoms in total. The second-order valence-corrected chi connectivity index (χ2v) is 13.0. The summed E-state index contributed by atoms with van der Waals surface area (Å²) in [5, 5.41) is 18.5. The van der Waals surface area contributed by atoms with Gasteiger partial charge in [0.15, 0.2) is 22.9 Å². The van der Waals surface area contributed by atoms with Gasteiger partial charge in [-0.1, -0.05) is 19.1 Å². The molecule has 1 aromatic carbocycles. The van der Waals surface area contributed by atoms with Gasteiger partial charge in [0.1, 0.15) is 6.54 Å². The molecule has 1 heterocycles. The molecule has 1 N–H and O–H groups in total. The van der Waals surface area contributed by atoms with Crippen molar-refractivity contribution in [2.75, 3.05) is 0 Å². The topological polar surface area (TPSA) is 68.0 Å². The van der Waals surface area contributed by atoms with Crippen LogP contribution in [0.25, 0.3) is 11.0 Å². The molecule has 0 bridgehead atoms. The molecular weight excluding hydrogens is 448 g/mol. The molecule has 6 rings (SSSR count). The molecule has 4 saturated carbocycles. The van der Waals surface area contributed by atoms with Crippen molar-refractivity contribution >= 4 is 16.8 Å². The SMILES string of the molecule is C[C@@]1(O)CC[C@@]2(C)[C@@H](CC[C@@H]3[C@@H]2CC[C@]2(C)[C@@H](C(=O)Cn4nnc5c(F)c(F)ccc54)CC[C@@H]32)C1. The fourth-order valence-corrected chi connectivity index (χ4v) is 9.31. The number of aliphatic hydroxyl groups is 1. The number of carbonyl (C=O) groups is 1. The Kier molecular flexibility index (Phi) is 5.24. The maximum absolute atomic E-state index is 14.1. The lowest BCUT2D eigenvalue weighted by atomic mass is 9.44. The zero-order valence-corrected chi connectivity index (χ0v) is 21.1. The molecule has 0 unspecified atom stereocenters. The van der Waals surface area contributed by atoms with E-state index in [1.807, 2.05) is 6.92 Å². The predicted molar refractivity (Wildman–Crippen MR) is 128 cm³/mol. The quantitative estimate of drug-likeness (QED) is 0.607. The summed E-state index contributed by atoms with van der Waals surface area (Å²) in [4.78, 5) is 13.6. The van der Waals surface area contributed by atoms with Gasteiger partial charge in [-0.3, -0.25) is 4.79 Å². The van der Waals surface area contributed by atoms with Crippen LogP contribution in [0.4, 0.5) is 8.78 Å². The summed E-state index contributed by atoms with van der Waals surface area (Å²) in [5.41, 5.74) is -0.000777. The van der Waals surface area contributed by atoms with E-state index in [0.717, 1.165) is 51.0 Å². The van der Waals surface area contributed by atoms with E-state index in [2.05, 4.69) is 24.2 Å². The number of ketones is 1. The number of benzene rings is 1. The third kappa shape index (κ3) is 3.43. The van der Waals surface area contributed by atoms with Crippen LogP contribution in [0.3, 0.4) is 0 Å². The Morgan fingerprint density at radius 2 is 1.80 bits per heavy atom. The Morgan fingerprint density at radius 1 is 1.03 bits per heavy atom. The lowest BCUT2D eigenvalue weighted by Crippen LogP contribution is -2.55. The molecule has 0 saturated heterocycles. The molecule has 8 atom stereocenters. The highest BCUT2D eigenvalue weighted by Gasteiger charge is 2.61. The van der Waals surface area contributed by atoms with E-state index >= 15 is 0 Å². The Bertz CT molecular complexity index is 1180. The Morgan fingerprint density at radius 3 is 2.60 bits per heavy atom. The zero-order valence-electron chi connectivity index (χ0n) is 21.1. The molecule has 0 radical (unpaired) electrons. The van der Waals surface area contributed by atoms with Crippen LogP contribution in [0.5, 0.6) is 0 Å². The van der Waals surface area contributed by atoms with E-state index in [9.17, 15) is 18.7 Å². The number of aromatic nitrogens is 3. The van der Waals surface area contributed by atoms with Gasteiger partial charge >= 0.3 is 0 Å². The van der Waals surface area contributed by atoms with Crippen molar-refractivity contribution < 1.29 is 18.7 Å². The fourth-order valence-electron chi connectivity index (χ4n) is 9.31. The molecule has 4 fully saturated rings. The minimum atomic E-state index is -1.01. The molecule has 0 amide bonds. The lowest BCUT2D eigenvalue weighted by Gasteiger charge is -2.61. The first kappa shape index (κ1) is 23.5. The maximum Gasteiger partial charge on any atom is 0.188 e. The smallest absolute Gasteiger partial charge is 0.188 e. The standard InChI is InChI=1S/C28H37F2N3O2/c1-26(35)12-13-27(2)16(14-26)4-5-17-18-6-7-20(28(18,3)11-10-19(17)27)23(34)15-33-22-9-8-21(29)24(30)25(22)31-32-33/h8-9,16-20,35H,4-7,10-15H2,1-3H3/t16-,17-,18-,19-,20+,26+,27-,28-/m0/s1. The van der Waals surface area contributed by atoms with Crippen molar-refractivity contribution in [2.45, 2.75) is 90.7 Å². The first-order valence-corrected chi connectivity index (χ1v) is 13.5. The van der Waals surface area contributed by atoms with Crippen molar-refractivity contribution in [3.8, 4) is 0 Å². The number of fused-ring (bicyclic) bond motifs is 6. The average Bonchev–Trinajstić information content (AvgIpc) is 3.37. The van der Waals surface area contributed by atoms with Crippen LogP contribution in [0, 0.1) is 52.1 Å². The molecule has 0 spiro atoms. The molecule has 7 heteroatoms. The summed E-state index contributed by atoms with van der Waals surface area (Å²) in [5.74, 6) is 0.621. The van der Waals surface area contributed by atoms with Crippen LogP contribution in [0.2, 0.25) is 0 Å². The van der Waals surface area contributed by atoms with Gasteiger partial charge in [-0.2, -0.15) is 0 Å². The van der Waals surface area contributed by atoms with Crippen LogP contribution in [0.15, 0.2) is 12.1 Å². The van der Waals surface area contributed by atoms with Gasteiger partial charge in [0, 0.05) is 5.92 Å². The second kappa shape index (κ2) is 7.80.